The van der Waals surface area contributed by atoms with Gasteiger partial charge in [0.25, 0.3) is 5.91 Å². The molecule has 3 aliphatic rings. The zero-order chi connectivity index (χ0) is 24.4. The average Bonchev–Trinajstić information content (AvgIpc) is 3.45. The number of morpholine rings is 1. The van der Waals surface area contributed by atoms with Gasteiger partial charge >= 0.3 is 5.97 Å². The van der Waals surface area contributed by atoms with Crippen LogP contribution in [0.1, 0.15) is 34.1 Å². The van der Waals surface area contributed by atoms with Crippen molar-refractivity contribution < 1.29 is 28.6 Å². The fourth-order valence-corrected chi connectivity index (χ4v) is 6.12. The highest BCUT2D eigenvalue weighted by Gasteiger charge is 2.35. The number of rotatable bonds is 6. The predicted octanol–water partition coefficient (Wildman–Crippen LogP) is 2.48. The number of esters is 1. The summed E-state index contributed by atoms with van der Waals surface area (Å²) in [6.07, 6.45) is 2.02. The fraction of sp³-hybridized carbons (Fsp3) is 0.480. The van der Waals surface area contributed by atoms with E-state index in [-0.39, 0.29) is 31.5 Å². The molecule has 9 nitrogen and oxygen atoms in total. The summed E-state index contributed by atoms with van der Waals surface area (Å²) in [5.74, 6) is -0.187. The van der Waals surface area contributed by atoms with E-state index < -0.39 is 12.1 Å². The molecular weight excluding hydrogens is 470 g/mol. The van der Waals surface area contributed by atoms with Crippen LogP contribution in [0.15, 0.2) is 24.3 Å². The summed E-state index contributed by atoms with van der Waals surface area (Å²) in [6, 6.07) is 7.40. The second-order valence-electron chi connectivity index (χ2n) is 8.72. The largest absolute Gasteiger partial charge is 0.477 e. The third-order valence-electron chi connectivity index (χ3n) is 6.45. The lowest BCUT2D eigenvalue weighted by Gasteiger charge is -2.38. The predicted molar refractivity (Wildman–Crippen MR) is 131 cm³/mol. The van der Waals surface area contributed by atoms with Crippen LogP contribution in [0, 0.1) is 0 Å². The van der Waals surface area contributed by atoms with Crippen molar-refractivity contribution in [1.29, 1.82) is 0 Å². The van der Waals surface area contributed by atoms with Crippen molar-refractivity contribution in [3.8, 4) is 5.75 Å². The van der Waals surface area contributed by atoms with Crippen molar-refractivity contribution in [1.82, 2.24) is 4.90 Å². The van der Waals surface area contributed by atoms with Crippen molar-refractivity contribution >= 4 is 39.8 Å². The Labute approximate surface area is 207 Å². The Bertz CT molecular complexity index is 1130. The molecule has 2 aliphatic heterocycles. The Kier molecular flexibility index (Phi) is 6.92. The number of thiophene rings is 1. The molecule has 2 aromatic rings. The number of nitrogens with one attached hydrogen (secondary N) is 1. The number of carbonyl (C=O) groups is 3. The average molecular weight is 500 g/mol. The molecule has 2 amide bonds. The second kappa shape index (κ2) is 10.2. The van der Waals surface area contributed by atoms with Crippen molar-refractivity contribution in [2.45, 2.75) is 32.3 Å². The molecule has 0 saturated carbocycles. The number of fused-ring (bicyclic) bond motifs is 2. The summed E-state index contributed by atoms with van der Waals surface area (Å²) in [6.45, 7) is 4.40. The Morgan fingerprint density at radius 2 is 1.97 bits per heavy atom. The van der Waals surface area contributed by atoms with E-state index in [1.54, 1.807) is 11.8 Å². The normalized spacial score (nSPS) is 18.9. The van der Waals surface area contributed by atoms with Crippen LogP contribution in [0.4, 0.5) is 10.7 Å². The maximum absolute atomic E-state index is 13.2. The zero-order valence-electron chi connectivity index (χ0n) is 19.7. The minimum absolute atomic E-state index is 0.0259. The topological polar surface area (TPSA) is 97.4 Å². The number of nitrogens with zero attached hydrogens (tertiary/aromatic N) is 2. The summed E-state index contributed by atoms with van der Waals surface area (Å²) < 4.78 is 16.7. The lowest BCUT2D eigenvalue weighted by atomic mass is 10.1. The minimum atomic E-state index is -0.712. The van der Waals surface area contributed by atoms with Crippen LogP contribution in [0.2, 0.25) is 0 Å². The van der Waals surface area contributed by atoms with Gasteiger partial charge in [0.2, 0.25) is 5.91 Å². The number of para-hydroxylation sites is 2. The number of hydrogen-bond donors (Lipinski definition) is 1. The first-order chi connectivity index (χ1) is 17.0. The summed E-state index contributed by atoms with van der Waals surface area (Å²) >= 11 is 1.45. The molecule has 35 heavy (non-hydrogen) atoms. The molecule has 1 unspecified atom stereocenters. The fourth-order valence-electron chi connectivity index (χ4n) is 4.82. The maximum atomic E-state index is 13.2. The van der Waals surface area contributed by atoms with E-state index in [2.05, 4.69) is 5.32 Å². The number of amides is 2. The van der Waals surface area contributed by atoms with Gasteiger partial charge in [-0.15, -0.1) is 11.3 Å². The highest BCUT2D eigenvalue weighted by atomic mass is 32.1. The Morgan fingerprint density at radius 3 is 2.77 bits per heavy atom. The van der Waals surface area contributed by atoms with Gasteiger partial charge in [-0.3, -0.25) is 9.59 Å². The van der Waals surface area contributed by atoms with Gasteiger partial charge in [-0.25, -0.2) is 4.79 Å². The summed E-state index contributed by atoms with van der Waals surface area (Å²) in [7, 11) is 0. The molecule has 0 spiro atoms. The summed E-state index contributed by atoms with van der Waals surface area (Å²) in [5.41, 5.74) is 2.24. The van der Waals surface area contributed by atoms with Crippen LogP contribution in [0.3, 0.4) is 0 Å². The molecule has 1 fully saturated rings. The molecule has 186 valence electrons. The molecule has 0 radical (unpaired) electrons. The number of anilines is 2. The van der Waals surface area contributed by atoms with Gasteiger partial charge in [0.05, 0.1) is 44.2 Å². The third-order valence-corrected chi connectivity index (χ3v) is 7.66. The molecule has 1 N–H and O–H groups in total. The summed E-state index contributed by atoms with van der Waals surface area (Å²) in [4.78, 5) is 43.7. The Balaban J connectivity index is 1.33. The zero-order valence-corrected chi connectivity index (χ0v) is 20.5. The molecule has 1 aliphatic carbocycles. The highest BCUT2D eigenvalue weighted by molar-refractivity contribution is 7.17. The van der Waals surface area contributed by atoms with E-state index in [1.165, 1.54) is 11.3 Å². The van der Waals surface area contributed by atoms with Gasteiger partial charge in [0.15, 0.2) is 6.10 Å². The molecular formula is C25H29N3O6S. The Hall–Kier alpha value is -3.11. The molecule has 10 heteroatoms. The lowest BCUT2D eigenvalue weighted by Crippen LogP contribution is -2.53. The first-order valence-electron chi connectivity index (χ1n) is 12.0. The lowest BCUT2D eigenvalue weighted by molar-refractivity contribution is -0.142. The molecule has 0 bridgehead atoms. The Morgan fingerprint density at radius 1 is 1.17 bits per heavy atom. The molecule has 5 rings (SSSR count). The van der Waals surface area contributed by atoms with E-state index in [4.69, 9.17) is 14.2 Å². The molecule has 3 heterocycles. The van der Waals surface area contributed by atoms with E-state index >= 15 is 0 Å². The van der Waals surface area contributed by atoms with Crippen LogP contribution < -0.4 is 15.0 Å². The van der Waals surface area contributed by atoms with Crippen molar-refractivity contribution in [3.63, 3.8) is 0 Å². The number of aryl methyl sites for hydroxylation is 1. The van der Waals surface area contributed by atoms with E-state index in [1.807, 2.05) is 29.2 Å². The minimum Gasteiger partial charge on any atom is -0.477 e. The van der Waals surface area contributed by atoms with Crippen molar-refractivity contribution in [2.75, 3.05) is 56.2 Å². The standard InChI is InChI=1S/C25H29N3O6S/c1-2-33-25(31)22-16-6-5-9-20(16)35-23(22)26-21(29)15-28-14-19(24(30)27-10-12-32-13-11-27)34-18-8-4-3-7-17(18)28/h3-4,7-8,19H,2,5-6,9-15H2,1H3,(H,26,29). The third kappa shape index (κ3) is 4.85. The molecule has 1 aromatic carbocycles. The molecule has 1 saturated heterocycles. The first kappa shape index (κ1) is 23.6. The SMILES string of the molecule is CCOC(=O)c1c(NC(=O)CN2CC(C(=O)N3CCOCC3)Oc3ccccc32)sc2c1CCC2. The van der Waals surface area contributed by atoms with Gasteiger partial charge in [-0.1, -0.05) is 12.1 Å². The number of ether oxygens (including phenoxy) is 3. The number of hydrogen-bond acceptors (Lipinski definition) is 8. The number of benzene rings is 1. The second-order valence-corrected chi connectivity index (χ2v) is 9.83. The van der Waals surface area contributed by atoms with Crippen molar-refractivity contribution in [3.05, 3.63) is 40.3 Å². The quantitative estimate of drug-likeness (QED) is 0.610. The van der Waals surface area contributed by atoms with Crippen LogP contribution >= 0.6 is 11.3 Å². The van der Waals surface area contributed by atoms with E-state index in [0.717, 1.165) is 35.4 Å². The van der Waals surface area contributed by atoms with Crippen LogP contribution in [0.25, 0.3) is 0 Å². The number of carbonyl (C=O) groups excluding carboxylic acids is 3. The molecule has 1 atom stereocenters. The smallest absolute Gasteiger partial charge is 0.341 e. The van der Waals surface area contributed by atoms with E-state index in [9.17, 15) is 14.4 Å². The summed E-state index contributed by atoms with van der Waals surface area (Å²) in [5, 5.41) is 3.49. The maximum Gasteiger partial charge on any atom is 0.341 e. The first-order valence-corrected chi connectivity index (χ1v) is 12.9. The van der Waals surface area contributed by atoms with Crippen molar-refractivity contribution in [2.24, 2.45) is 0 Å². The van der Waals surface area contributed by atoms with Crippen LogP contribution in [-0.2, 0) is 31.9 Å². The van der Waals surface area contributed by atoms with Crippen LogP contribution in [0.5, 0.6) is 5.75 Å². The van der Waals surface area contributed by atoms with Gasteiger partial charge < -0.3 is 29.3 Å². The van der Waals surface area contributed by atoms with Gasteiger partial charge in [-0.05, 0) is 43.9 Å². The molecule has 1 aromatic heterocycles. The van der Waals surface area contributed by atoms with Crippen LogP contribution in [-0.4, -0.2) is 74.8 Å². The monoisotopic (exact) mass is 499 g/mol. The van der Waals surface area contributed by atoms with E-state index in [0.29, 0.717) is 42.6 Å². The van der Waals surface area contributed by atoms with Gasteiger partial charge in [0.1, 0.15) is 10.8 Å². The van der Waals surface area contributed by atoms with Gasteiger partial charge in [-0.2, -0.15) is 0 Å². The highest BCUT2D eigenvalue weighted by Crippen LogP contribution is 2.40. The van der Waals surface area contributed by atoms with Gasteiger partial charge in [0, 0.05) is 18.0 Å².